The van der Waals surface area contributed by atoms with Gasteiger partial charge in [0.2, 0.25) is 5.91 Å². The summed E-state index contributed by atoms with van der Waals surface area (Å²) in [6.45, 7) is 6.18. The number of methoxy groups -OCH3 is 1. The van der Waals surface area contributed by atoms with Crippen LogP contribution >= 0.6 is 0 Å². The van der Waals surface area contributed by atoms with Crippen LogP contribution in [0.25, 0.3) is 0 Å². The number of likely N-dealkylation sites (tertiary alicyclic amines) is 2. The lowest BCUT2D eigenvalue weighted by atomic mass is 10.0. The van der Waals surface area contributed by atoms with Gasteiger partial charge in [-0.25, -0.2) is 4.98 Å². The van der Waals surface area contributed by atoms with Gasteiger partial charge >= 0.3 is 0 Å². The van der Waals surface area contributed by atoms with E-state index in [0.29, 0.717) is 12.3 Å². The Morgan fingerprint density at radius 1 is 1.41 bits per heavy atom. The zero-order valence-corrected chi connectivity index (χ0v) is 13.5. The number of nitrogens with zero attached hydrogens (tertiary/aromatic N) is 3. The summed E-state index contributed by atoms with van der Waals surface area (Å²) in [6, 6.07) is 0. The van der Waals surface area contributed by atoms with Crippen molar-refractivity contribution < 1.29 is 13.9 Å². The van der Waals surface area contributed by atoms with Crippen LogP contribution in [0.1, 0.15) is 30.8 Å². The molecule has 3 heterocycles. The fourth-order valence-corrected chi connectivity index (χ4v) is 3.55. The Hall–Kier alpha value is -1.40. The monoisotopic (exact) mass is 307 g/mol. The number of carbonyl (C=O) groups excluding carboxylic acids is 1. The highest BCUT2D eigenvalue weighted by atomic mass is 16.5. The van der Waals surface area contributed by atoms with Crippen molar-refractivity contribution in [1.29, 1.82) is 0 Å². The Bertz CT molecular complexity index is 510. The van der Waals surface area contributed by atoms with Crippen molar-refractivity contribution in [2.75, 3.05) is 33.3 Å². The summed E-state index contributed by atoms with van der Waals surface area (Å²) in [7, 11) is 1.74. The summed E-state index contributed by atoms with van der Waals surface area (Å²) in [5.41, 5.74) is 0.943. The molecule has 1 amide bonds. The molecule has 6 heteroatoms. The zero-order chi connectivity index (χ0) is 15.5. The molecule has 0 saturated carbocycles. The molecule has 6 nitrogen and oxygen atoms in total. The van der Waals surface area contributed by atoms with E-state index < -0.39 is 0 Å². The van der Waals surface area contributed by atoms with E-state index in [0.717, 1.165) is 51.3 Å². The first-order valence-electron chi connectivity index (χ1n) is 8.09. The molecular weight excluding hydrogens is 282 g/mol. The van der Waals surface area contributed by atoms with E-state index in [4.69, 9.17) is 9.15 Å². The molecule has 22 heavy (non-hydrogen) atoms. The number of aryl methyl sites for hydroxylation is 1. The van der Waals surface area contributed by atoms with Gasteiger partial charge in [0.25, 0.3) is 0 Å². The molecule has 2 fully saturated rings. The van der Waals surface area contributed by atoms with Crippen molar-refractivity contribution in [2.24, 2.45) is 5.92 Å². The normalized spacial score (nSPS) is 26.0. The highest BCUT2D eigenvalue weighted by molar-refractivity contribution is 5.76. The van der Waals surface area contributed by atoms with Gasteiger partial charge in [0, 0.05) is 59.1 Å². The maximum absolute atomic E-state index is 12.4. The van der Waals surface area contributed by atoms with Crippen molar-refractivity contribution in [3.63, 3.8) is 0 Å². The summed E-state index contributed by atoms with van der Waals surface area (Å²) in [5, 5.41) is 0. The topological polar surface area (TPSA) is 58.8 Å². The molecule has 3 rings (SSSR count). The van der Waals surface area contributed by atoms with Crippen LogP contribution in [0.3, 0.4) is 0 Å². The number of amides is 1. The smallest absolute Gasteiger partial charge is 0.222 e. The van der Waals surface area contributed by atoms with Crippen LogP contribution in [-0.4, -0.2) is 60.1 Å². The molecule has 2 aliphatic heterocycles. The molecule has 0 bridgehead atoms. The average Bonchev–Trinajstić information content (AvgIpc) is 3.21. The van der Waals surface area contributed by atoms with Crippen molar-refractivity contribution >= 4 is 5.91 Å². The van der Waals surface area contributed by atoms with E-state index >= 15 is 0 Å². The van der Waals surface area contributed by atoms with Gasteiger partial charge in [0.15, 0.2) is 5.89 Å². The molecule has 1 aromatic heterocycles. The van der Waals surface area contributed by atoms with Crippen LogP contribution in [0.5, 0.6) is 0 Å². The number of hydrogen-bond donors (Lipinski definition) is 0. The Morgan fingerprint density at radius 3 is 2.82 bits per heavy atom. The summed E-state index contributed by atoms with van der Waals surface area (Å²) in [5.74, 6) is 1.24. The first-order valence-corrected chi connectivity index (χ1v) is 8.09. The van der Waals surface area contributed by atoms with Gasteiger partial charge in [0.05, 0.1) is 11.8 Å². The molecule has 0 N–H and O–H groups in total. The largest absolute Gasteiger partial charge is 0.449 e. The Kier molecular flexibility index (Phi) is 4.78. The van der Waals surface area contributed by atoms with Gasteiger partial charge < -0.3 is 14.1 Å². The fraction of sp³-hybridized carbons (Fsp3) is 0.750. The van der Waals surface area contributed by atoms with E-state index in [9.17, 15) is 4.79 Å². The third-order valence-electron chi connectivity index (χ3n) is 4.71. The lowest BCUT2D eigenvalue weighted by Crippen LogP contribution is -2.32. The number of rotatable bonds is 5. The number of carbonyl (C=O) groups is 1. The molecule has 0 aromatic carbocycles. The predicted molar refractivity (Wildman–Crippen MR) is 81.2 cm³/mol. The van der Waals surface area contributed by atoms with Crippen LogP contribution in [-0.2, 0) is 16.1 Å². The number of oxazole rings is 1. The van der Waals surface area contributed by atoms with Crippen molar-refractivity contribution in [2.45, 2.75) is 38.8 Å². The van der Waals surface area contributed by atoms with E-state index in [1.165, 1.54) is 0 Å². The minimum Gasteiger partial charge on any atom is -0.449 e. The van der Waals surface area contributed by atoms with Gasteiger partial charge in [-0.3, -0.25) is 9.69 Å². The first-order chi connectivity index (χ1) is 10.7. The van der Waals surface area contributed by atoms with Gasteiger partial charge in [-0.2, -0.15) is 0 Å². The van der Waals surface area contributed by atoms with Crippen molar-refractivity contribution in [3.8, 4) is 0 Å². The highest BCUT2D eigenvalue weighted by Gasteiger charge is 2.35. The summed E-state index contributed by atoms with van der Waals surface area (Å²) >= 11 is 0. The second-order valence-corrected chi connectivity index (χ2v) is 6.38. The number of ether oxygens (including phenoxy) is 1. The first kappa shape index (κ1) is 15.5. The van der Waals surface area contributed by atoms with E-state index in [-0.39, 0.29) is 17.9 Å². The maximum atomic E-state index is 12.4. The van der Waals surface area contributed by atoms with Crippen LogP contribution < -0.4 is 0 Å². The van der Waals surface area contributed by atoms with Gasteiger partial charge in [-0.15, -0.1) is 0 Å². The summed E-state index contributed by atoms with van der Waals surface area (Å²) < 4.78 is 10.9. The second-order valence-electron chi connectivity index (χ2n) is 6.38. The predicted octanol–water partition coefficient (Wildman–Crippen LogP) is 1.44. The van der Waals surface area contributed by atoms with E-state index in [1.807, 2.05) is 11.8 Å². The highest BCUT2D eigenvalue weighted by Crippen LogP contribution is 2.25. The minimum atomic E-state index is 0.125. The third-order valence-corrected chi connectivity index (χ3v) is 4.71. The lowest BCUT2D eigenvalue weighted by molar-refractivity contribution is -0.131. The number of aromatic nitrogens is 1. The summed E-state index contributed by atoms with van der Waals surface area (Å²) in [4.78, 5) is 21.0. The van der Waals surface area contributed by atoms with Crippen molar-refractivity contribution in [3.05, 3.63) is 17.8 Å². The molecule has 2 aliphatic rings. The molecule has 0 radical (unpaired) electrons. The summed E-state index contributed by atoms with van der Waals surface area (Å²) in [6.07, 6.45) is 4.70. The van der Waals surface area contributed by atoms with Crippen LogP contribution in [0.2, 0.25) is 0 Å². The van der Waals surface area contributed by atoms with E-state index in [2.05, 4.69) is 9.88 Å². The maximum Gasteiger partial charge on any atom is 0.222 e. The quantitative estimate of drug-likeness (QED) is 0.824. The van der Waals surface area contributed by atoms with Gasteiger partial charge in [-0.05, 0) is 12.8 Å². The molecule has 0 unspecified atom stereocenters. The lowest BCUT2D eigenvalue weighted by Gasteiger charge is -2.20. The third kappa shape index (κ3) is 3.50. The molecule has 0 spiro atoms. The Balaban J connectivity index is 1.55. The molecule has 2 atom stereocenters. The molecule has 0 aliphatic carbocycles. The molecule has 1 aromatic rings. The van der Waals surface area contributed by atoms with Gasteiger partial charge in [-0.1, -0.05) is 0 Å². The van der Waals surface area contributed by atoms with Crippen LogP contribution in [0, 0.1) is 12.8 Å². The molecule has 122 valence electrons. The minimum absolute atomic E-state index is 0.125. The zero-order valence-electron chi connectivity index (χ0n) is 13.5. The number of hydrogen-bond acceptors (Lipinski definition) is 5. The fourth-order valence-electron chi connectivity index (χ4n) is 3.55. The SMILES string of the molecule is CO[C@H]1CN(Cc2coc(C)n2)C[C@@H]1CC(=O)N1CCCC1. The standard InChI is InChI=1S/C16H25N3O3/c1-12-17-14(11-22-12)9-18-8-13(15(10-18)21-2)7-16(20)19-5-3-4-6-19/h11,13,15H,3-10H2,1-2H3/t13-,15-/m0/s1. The molecule has 2 saturated heterocycles. The van der Waals surface area contributed by atoms with Crippen LogP contribution in [0.15, 0.2) is 10.7 Å². The van der Waals surface area contributed by atoms with E-state index in [1.54, 1.807) is 13.4 Å². The second kappa shape index (κ2) is 6.79. The average molecular weight is 307 g/mol. The Labute approximate surface area is 131 Å². The molecular formula is C16H25N3O3. The van der Waals surface area contributed by atoms with Crippen LogP contribution in [0.4, 0.5) is 0 Å². The van der Waals surface area contributed by atoms with Crippen molar-refractivity contribution in [1.82, 2.24) is 14.8 Å². The Morgan fingerprint density at radius 2 is 2.18 bits per heavy atom. The van der Waals surface area contributed by atoms with Gasteiger partial charge in [0.1, 0.15) is 6.26 Å².